The summed E-state index contributed by atoms with van der Waals surface area (Å²) in [6.07, 6.45) is 0. The van der Waals surface area contributed by atoms with Crippen molar-refractivity contribution < 1.29 is 0 Å². The zero-order valence-electron chi connectivity index (χ0n) is 42.1. The Balaban J connectivity index is 0.896. The van der Waals surface area contributed by atoms with E-state index in [9.17, 15) is 0 Å². The van der Waals surface area contributed by atoms with E-state index < -0.39 is 0 Å². The van der Waals surface area contributed by atoms with Gasteiger partial charge in [-0.05, 0) is 161 Å². The van der Waals surface area contributed by atoms with Crippen LogP contribution >= 0.6 is 0 Å². The van der Waals surface area contributed by atoms with Gasteiger partial charge >= 0.3 is 0 Å². The van der Waals surface area contributed by atoms with Crippen molar-refractivity contribution in [1.82, 2.24) is 0 Å². The first-order chi connectivity index (χ1) is 36.3. The summed E-state index contributed by atoms with van der Waals surface area (Å²) in [5.41, 5.74) is 22.4. The summed E-state index contributed by atoms with van der Waals surface area (Å²) in [6.45, 7) is 9.90. The van der Waals surface area contributed by atoms with Crippen molar-refractivity contribution in [3.63, 3.8) is 0 Å². The molecule has 0 saturated carbocycles. The molecule has 2 aliphatic rings. The Kier molecular flexibility index (Phi) is 9.94. The Morgan fingerprint density at radius 2 is 0.541 bits per heavy atom. The molecule has 0 unspecified atom stereocenters. The van der Waals surface area contributed by atoms with Crippen LogP contribution in [0.5, 0.6) is 0 Å². The molecule has 0 bridgehead atoms. The van der Waals surface area contributed by atoms with Gasteiger partial charge in [-0.25, -0.2) is 0 Å². The number of para-hydroxylation sites is 4. The predicted molar refractivity (Wildman–Crippen MR) is 314 cm³/mol. The van der Waals surface area contributed by atoms with Gasteiger partial charge < -0.3 is 9.80 Å². The summed E-state index contributed by atoms with van der Waals surface area (Å²) < 4.78 is 0. The number of hydrogen-bond acceptors (Lipinski definition) is 2. The molecule has 0 radical (unpaired) electrons. The highest BCUT2D eigenvalue weighted by Crippen LogP contribution is 2.63. The van der Waals surface area contributed by atoms with E-state index in [0.717, 1.165) is 34.1 Å². The molecule has 0 fully saturated rings. The third-order valence-electron chi connectivity index (χ3n) is 16.4. The zero-order chi connectivity index (χ0) is 49.7. The SMILES string of the molecule is CC1(C)c2cc(-c3ccc(N(c4ccccc4)c4ccccc4)c4ccccc34)ccc2-c2c1c1c(c3ccccc23)-c2ccc(-c3ccc(N(c4ccccc4)c4ccccc4)c4ccccc34)cc2C1(C)C. The zero-order valence-corrected chi connectivity index (χ0v) is 42.1. The topological polar surface area (TPSA) is 6.48 Å². The Hall–Kier alpha value is -8.98. The van der Waals surface area contributed by atoms with Gasteiger partial charge in [-0.1, -0.05) is 210 Å². The van der Waals surface area contributed by atoms with Gasteiger partial charge in [0.1, 0.15) is 0 Å². The minimum absolute atomic E-state index is 0.278. The third kappa shape index (κ3) is 6.57. The van der Waals surface area contributed by atoms with E-state index >= 15 is 0 Å². The standard InChI is InChI=1S/C72H54N2/c1-71(2)63-45-47(53-41-43-65(57-33-19-17-31-55(53)57)73(49-23-9-5-10-24-49)50-25-11-6-12-26-50)37-39-61(63)67-59-35-21-22-36-60(59)68-62-40-38-48(46-64(62)72(3,4)70(68)69(67)71)54-42-44-66(58-34-20-18-32-56(54)58)74(51-27-13-7-14-28-51)52-29-15-8-16-30-52/h5-46H,1-4H3. The average Bonchev–Trinajstić information content (AvgIpc) is 3.91. The molecule has 0 amide bonds. The first-order valence-corrected chi connectivity index (χ1v) is 26.0. The maximum atomic E-state index is 2.52. The van der Waals surface area contributed by atoms with Crippen LogP contribution in [0.3, 0.4) is 0 Å². The van der Waals surface area contributed by atoms with E-state index in [1.807, 2.05) is 0 Å². The van der Waals surface area contributed by atoms with Crippen molar-refractivity contribution in [1.29, 1.82) is 0 Å². The fraction of sp³-hybridized carbons (Fsp3) is 0.0833. The van der Waals surface area contributed by atoms with Crippen molar-refractivity contribution in [2.24, 2.45) is 0 Å². The molecule has 0 aromatic heterocycles. The van der Waals surface area contributed by atoms with E-state index in [4.69, 9.17) is 0 Å². The molecule has 0 spiro atoms. The van der Waals surface area contributed by atoms with Crippen LogP contribution in [0.1, 0.15) is 49.9 Å². The highest BCUT2D eigenvalue weighted by atomic mass is 15.1. The maximum absolute atomic E-state index is 2.52. The van der Waals surface area contributed by atoms with Gasteiger partial charge in [-0.2, -0.15) is 0 Å². The van der Waals surface area contributed by atoms with Gasteiger partial charge in [-0.3, -0.25) is 0 Å². The monoisotopic (exact) mass is 946 g/mol. The van der Waals surface area contributed by atoms with Gasteiger partial charge in [0.15, 0.2) is 0 Å². The molecule has 0 heterocycles. The normalized spacial score (nSPS) is 13.6. The lowest BCUT2D eigenvalue weighted by Gasteiger charge is -2.31. The molecule has 2 heteroatoms. The summed E-state index contributed by atoms with van der Waals surface area (Å²) in [5.74, 6) is 0. The molecular formula is C72H54N2. The largest absolute Gasteiger partial charge is 0.310 e. The Morgan fingerprint density at radius 1 is 0.257 bits per heavy atom. The second-order valence-corrected chi connectivity index (χ2v) is 21.2. The van der Waals surface area contributed by atoms with Crippen LogP contribution in [0.25, 0.3) is 76.8 Å². The molecule has 352 valence electrons. The first-order valence-electron chi connectivity index (χ1n) is 26.0. The van der Waals surface area contributed by atoms with Crippen molar-refractivity contribution in [2.45, 2.75) is 38.5 Å². The number of hydrogen-bond donors (Lipinski definition) is 0. The molecule has 12 aromatic carbocycles. The number of rotatable bonds is 8. The summed E-state index contributed by atoms with van der Waals surface area (Å²) in [4.78, 5) is 4.76. The lowest BCUT2D eigenvalue weighted by atomic mass is 9.71. The Morgan fingerprint density at radius 3 is 0.878 bits per heavy atom. The molecule has 0 aliphatic heterocycles. The molecule has 0 N–H and O–H groups in total. The second-order valence-electron chi connectivity index (χ2n) is 21.2. The summed E-state index contributed by atoms with van der Waals surface area (Å²) in [7, 11) is 0. The fourth-order valence-electron chi connectivity index (χ4n) is 13.0. The molecule has 0 atom stereocenters. The van der Waals surface area contributed by atoms with Gasteiger partial charge in [0.25, 0.3) is 0 Å². The second kappa shape index (κ2) is 16.8. The van der Waals surface area contributed by atoms with Gasteiger partial charge in [0, 0.05) is 44.4 Å². The Labute approximate surface area is 434 Å². The van der Waals surface area contributed by atoms with Crippen LogP contribution < -0.4 is 9.80 Å². The minimum atomic E-state index is -0.278. The number of nitrogens with zero attached hydrogens (tertiary/aromatic N) is 2. The summed E-state index contributed by atoms with van der Waals surface area (Å²) in [6, 6.07) is 93.9. The highest BCUT2D eigenvalue weighted by Gasteiger charge is 2.47. The van der Waals surface area contributed by atoms with Crippen LogP contribution in [0.15, 0.2) is 255 Å². The molecule has 74 heavy (non-hydrogen) atoms. The number of fused-ring (bicyclic) bond motifs is 12. The highest BCUT2D eigenvalue weighted by molar-refractivity contribution is 6.14. The number of benzene rings is 12. The first kappa shape index (κ1) is 43.8. The van der Waals surface area contributed by atoms with Crippen LogP contribution in [-0.4, -0.2) is 0 Å². The molecule has 0 saturated heterocycles. The van der Waals surface area contributed by atoms with Gasteiger partial charge in [0.2, 0.25) is 0 Å². The minimum Gasteiger partial charge on any atom is -0.310 e. The summed E-state index contributed by atoms with van der Waals surface area (Å²) in [5, 5.41) is 7.56. The average molecular weight is 947 g/mol. The van der Waals surface area contributed by atoms with Crippen LogP contribution in [0, 0.1) is 0 Å². The van der Waals surface area contributed by atoms with Crippen molar-refractivity contribution >= 4 is 66.4 Å². The van der Waals surface area contributed by atoms with Gasteiger partial charge in [-0.15, -0.1) is 0 Å². The quantitative estimate of drug-likeness (QED) is 0.150. The van der Waals surface area contributed by atoms with E-state index in [1.165, 1.54) is 99.1 Å². The van der Waals surface area contributed by atoms with Crippen molar-refractivity contribution in [3.8, 4) is 44.5 Å². The van der Waals surface area contributed by atoms with E-state index in [2.05, 4.69) is 292 Å². The lowest BCUT2D eigenvalue weighted by molar-refractivity contribution is 0.602. The van der Waals surface area contributed by atoms with Crippen LogP contribution in [0.2, 0.25) is 0 Å². The predicted octanol–water partition coefficient (Wildman–Crippen LogP) is 20.0. The molecular weight excluding hydrogens is 893 g/mol. The van der Waals surface area contributed by atoms with Crippen LogP contribution in [0.4, 0.5) is 34.1 Å². The van der Waals surface area contributed by atoms with Crippen LogP contribution in [-0.2, 0) is 10.8 Å². The van der Waals surface area contributed by atoms with Gasteiger partial charge in [0.05, 0.1) is 11.4 Å². The summed E-state index contributed by atoms with van der Waals surface area (Å²) >= 11 is 0. The van der Waals surface area contributed by atoms with Crippen molar-refractivity contribution in [2.75, 3.05) is 9.80 Å². The smallest absolute Gasteiger partial charge is 0.0540 e. The molecule has 12 aromatic rings. The lowest BCUT2D eigenvalue weighted by Crippen LogP contribution is -2.24. The molecule has 2 aliphatic carbocycles. The van der Waals surface area contributed by atoms with Crippen molar-refractivity contribution in [3.05, 3.63) is 277 Å². The number of anilines is 6. The fourth-order valence-corrected chi connectivity index (χ4v) is 13.0. The van der Waals surface area contributed by atoms with E-state index in [-0.39, 0.29) is 10.8 Å². The molecule has 2 nitrogen and oxygen atoms in total. The third-order valence-corrected chi connectivity index (χ3v) is 16.4. The van der Waals surface area contributed by atoms with E-state index in [1.54, 1.807) is 0 Å². The maximum Gasteiger partial charge on any atom is 0.0540 e. The molecule has 14 rings (SSSR count). The van der Waals surface area contributed by atoms with E-state index in [0.29, 0.717) is 0 Å². The Bertz CT molecular complexity index is 3820.